The lowest BCUT2D eigenvalue weighted by atomic mass is 9.96. The fourth-order valence-electron chi connectivity index (χ4n) is 13.4. The zero-order valence-electron chi connectivity index (χ0n) is 63.3. The number of rotatable bonds is 64. The molecule has 3 rings (SSSR count). The Kier molecular flexibility index (Phi) is 57.5. The molecule has 19 heteroatoms. The summed E-state index contributed by atoms with van der Waals surface area (Å²) in [6.45, 7) is 1.63. The number of aliphatic hydroxyl groups excluding tert-OH is 11. The average molecular weight is 1450 g/mol. The molecular weight excluding hydrogens is 1300 g/mol. The molecule has 0 saturated carbocycles. The van der Waals surface area contributed by atoms with Crippen molar-refractivity contribution in [2.24, 2.45) is 0 Å². The summed E-state index contributed by atoms with van der Waals surface area (Å²) >= 11 is 0. The standard InChI is InChI=1S/C83H147NO18/c1-3-5-7-9-11-13-15-17-19-21-23-25-26-27-28-29-30-31-32-33-34-35-36-37-38-39-40-41-43-45-47-49-51-53-55-57-59-61-71(89)84-66(67(88)60-58-56-54-52-50-48-46-44-42-24-22-20-18-16-14-12-10-8-6-4-2)65-97-81-77(95)74(92)79(69(63-86)99-81)102-83-78(96)75(93)80(70(64-87)100-83)101-82-76(94)73(91)72(90)68(62-85)98-82/h5,7,11,13,17,19,23,25,27-28,50,52,58,60,66-70,72-83,85-88,90-96H,3-4,6,8-10,12,14-16,18,20-22,24,26,29-49,51,53-57,59,61-65H2,1-2H3,(H,84,89)/b7-5-,13-11-,19-17-,25-23-,28-27-,52-50+,60-58+. The highest BCUT2D eigenvalue weighted by Gasteiger charge is 2.54. The molecule has 0 bridgehead atoms. The minimum atomic E-state index is -1.98. The maximum atomic E-state index is 13.5. The Morgan fingerprint density at radius 2 is 0.686 bits per heavy atom. The van der Waals surface area contributed by atoms with E-state index in [0.29, 0.717) is 12.8 Å². The molecular formula is C83H147NO18. The van der Waals surface area contributed by atoms with Crippen molar-refractivity contribution in [1.82, 2.24) is 5.32 Å². The van der Waals surface area contributed by atoms with Crippen LogP contribution in [0.2, 0.25) is 0 Å². The highest BCUT2D eigenvalue weighted by atomic mass is 16.8. The van der Waals surface area contributed by atoms with Crippen LogP contribution < -0.4 is 5.32 Å². The third kappa shape index (κ3) is 42.5. The van der Waals surface area contributed by atoms with Crippen molar-refractivity contribution in [2.75, 3.05) is 26.4 Å². The fourth-order valence-corrected chi connectivity index (χ4v) is 13.4. The first-order valence-electron chi connectivity index (χ1n) is 40.8. The molecule has 3 saturated heterocycles. The number of ether oxygens (including phenoxy) is 6. The molecule has 0 aliphatic carbocycles. The van der Waals surface area contributed by atoms with E-state index in [1.54, 1.807) is 6.08 Å². The second-order valence-electron chi connectivity index (χ2n) is 28.8. The van der Waals surface area contributed by atoms with Gasteiger partial charge in [0, 0.05) is 6.42 Å². The number of unbranched alkanes of at least 4 members (excludes halogenated alkanes) is 36. The van der Waals surface area contributed by atoms with Crippen molar-refractivity contribution in [1.29, 1.82) is 0 Å². The van der Waals surface area contributed by atoms with E-state index in [0.717, 1.165) is 70.6 Å². The zero-order valence-corrected chi connectivity index (χ0v) is 63.3. The molecule has 0 aromatic heterocycles. The first-order chi connectivity index (χ1) is 49.8. The van der Waals surface area contributed by atoms with Crippen molar-refractivity contribution in [2.45, 2.75) is 407 Å². The summed E-state index contributed by atoms with van der Waals surface area (Å²) in [5.74, 6) is -0.282. The van der Waals surface area contributed by atoms with Crippen LogP contribution >= 0.6 is 0 Å². The number of nitrogens with one attached hydrogen (secondary N) is 1. The summed E-state index contributed by atoms with van der Waals surface area (Å²) in [5, 5.41) is 121. The quantitative estimate of drug-likeness (QED) is 0.0199. The normalized spacial score (nSPS) is 26.6. The first kappa shape index (κ1) is 93.2. The van der Waals surface area contributed by atoms with Crippen LogP contribution in [-0.2, 0) is 33.2 Å². The van der Waals surface area contributed by atoms with Crippen LogP contribution in [0.1, 0.15) is 303 Å². The minimum Gasteiger partial charge on any atom is -0.394 e. The van der Waals surface area contributed by atoms with Crippen molar-refractivity contribution in [3.8, 4) is 0 Å². The lowest BCUT2D eigenvalue weighted by Crippen LogP contribution is -2.66. The predicted molar refractivity (Wildman–Crippen MR) is 406 cm³/mol. The van der Waals surface area contributed by atoms with Gasteiger partial charge in [-0.05, 0) is 77.0 Å². The van der Waals surface area contributed by atoms with Gasteiger partial charge in [-0.2, -0.15) is 0 Å². The number of carbonyl (C=O) groups is 1. The molecule has 0 aromatic carbocycles. The van der Waals surface area contributed by atoms with Gasteiger partial charge in [-0.15, -0.1) is 0 Å². The second-order valence-corrected chi connectivity index (χ2v) is 28.8. The molecule has 0 radical (unpaired) electrons. The second kappa shape index (κ2) is 63.0. The Morgan fingerprint density at radius 3 is 1.10 bits per heavy atom. The van der Waals surface area contributed by atoms with Gasteiger partial charge in [-0.1, -0.05) is 304 Å². The van der Waals surface area contributed by atoms with E-state index in [-0.39, 0.29) is 18.9 Å². The van der Waals surface area contributed by atoms with Crippen molar-refractivity contribution in [3.63, 3.8) is 0 Å². The molecule has 3 aliphatic heterocycles. The molecule has 3 fully saturated rings. The topological polar surface area (TPSA) is 307 Å². The van der Waals surface area contributed by atoms with Gasteiger partial charge >= 0.3 is 0 Å². The van der Waals surface area contributed by atoms with Gasteiger partial charge < -0.3 is 89.9 Å². The van der Waals surface area contributed by atoms with E-state index >= 15 is 0 Å². The first-order valence-corrected chi connectivity index (χ1v) is 40.8. The van der Waals surface area contributed by atoms with Crippen molar-refractivity contribution < 1.29 is 89.4 Å². The van der Waals surface area contributed by atoms with Crippen molar-refractivity contribution in [3.05, 3.63) is 85.1 Å². The third-order valence-corrected chi connectivity index (χ3v) is 19.9. The van der Waals surface area contributed by atoms with Crippen LogP contribution in [0.25, 0.3) is 0 Å². The number of carbonyl (C=O) groups excluding carboxylic acids is 1. The number of aliphatic hydroxyl groups is 11. The van der Waals surface area contributed by atoms with E-state index in [4.69, 9.17) is 28.4 Å². The highest BCUT2D eigenvalue weighted by Crippen LogP contribution is 2.33. The summed E-state index contributed by atoms with van der Waals surface area (Å²) in [4.78, 5) is 13.5. The van der Waals surface area contributed by atoms with Gasteiger partial charge in [-0.25, -0.2) is 0 Å². The molecule has 17 atom stereocenters. The maximum absolute atomic E-state index is 13.5. The Balaban J connectivity index is 1.34. The van der Waals surface area contributed by atoms with Crippen molar-refractivity contribution >= 4 is 5.91 Å². The van der Waals surface area contributed by atoms with Crippen LogP contribution in [0.3, 0.4) is 0 Å². The molecule has 592 valence electrons. The van der Waals surface area contributed by atoms with Gasteiger partial charge in [0.05, 0.1) is 38.6 Å². The molecule has 19 nitrogen and oxygen atoms in total. The molecule has 102 heavy (non-hydrogen) atoms. The molecule has 0 aromatic rings. The Labute approximate surface area is 616 Å². The summed E-state index contributed by atoms with van der Waals surface area (Å²) in [5.41, 5.74) is 0. The Morgan fingerprint density at radius 1 is 0.363 bits per heavy atom. The van der Waals surface area contributed by atoms with E-state index in [9.17, 15) is 61.0 Å². The summed E-state index contributed by atoms with van der Waals surface area (Å²) in [6.07, 6.45) is 57.2. The predicted octanol–water partition coefficient (Wildman–Crippen LogP) is 13.8. The van der Waals surface area contributed by atoms with Gasteiger partial charge in [-0.3, -0.25) is 4.79 Å². The average Bonchev–Trinajstić information content (AvgIpc) is 0.778. The lowest BCUT2D eigenvalue weighted by molar-refractivity contribution is -0.379. The SMILES string of the molecule is CC/C=C\C/C=C\C/C=C\C/C=C\C/C=C\CCCCCCCCCCCCCCCCCCCCCCCC(=O)NC(COC1OC(CO)C(OC2OC(CO)C(OC3OC(CO)C(O)C(O)C3O)C(O)C2O)C(O)C1O)C(O)/C=C/CC/C=C/CCCCCCCCCCCCCCCC. The van der Waals surface area contributed by atoms with Gasteiger partial charge in [0.15, 0.2) is 18.9 Å². The largest absolute Gasteiger partial charge is 0.394 e. The van der Waals surface area contributed by atoms with E-state index < -0.39 is 124 Å². The Bertz CT molecular complexity index is 2170. The summed E-state index contributed by atoms with van der Waals surface area (Å²) in [7, 11) is 0. The summed E-state index contributed by atoms with van der Waals surface area (Å²) in [6, 6.07) is -0.993. The van der Waals surface area contributed by atoms with Gasteiger partial charge in [0.1, 0.15) is 73.2 Å². The van der Waals surface area contributed by atoms with E-state index in [2.05, 4.69) is 92.1 Å². The molecule has 0 spiro atoms. The third-order valence-electron chi connectivity index (χ3n) is 19.9. The van der Waals surface area contributed by atoms with Crippen LogP contribution in [0.4, 0.5) is 0 Å². The molecule has 12 N–H and O–H groups in total. The van der Waals surface area contributed by atoms with Crippen LogP contribution in [0, 0.1) is 0 Å². The van der Waals surface area contributed by atoms with Crippen LogP contribution in [-0.4, -0.2) is 193 Å². The molecule has 3 heterocycles. The minimum absolute atomic E-state index is 0.235. The molecule has 3 aliphatic rings. The smallest absolute Gasteiger partial charge is 0.220 e. The number of allylic oxidation sites excluding steroid dienone is 13. The van der Waals surface area contributed by atoms with Crippen LogP contribution in [0.5, 0.6) is 0 Å². The summed E-state index contributed by atoms with van der Waals surface area (Å²) < 4.78 is 34.4. The maximum Gasteiger partial charge on any atom is 0.220 e. The van der Waals surface area contributed by atoms with Gasteiger partial charge in [0.2, 0.25) is 5.91 Å². The lowest BCUT2D eigenvalue weighted by Gasteiger charge is -2.48. The number of amides is 1. The molecule has 1 amide bonds. The van der Waals surface area contributed by atoms with Crippen LogP contribution in [0.15, 0.2) is 85.1 Å². The molecule has 17 unspecified atom stereocenters. The number of hydrogen-bond donors (Lipinski definition) is 12. The fraction of sp³-hybridized carbons (Fsp3) is 0.819. The van der Waals surface area contributed by atoms with E-state index in [1.807, 2.05) is 6.08 Å². The zero-order chi connectivity index (χ0) is 73.9. The number of hydrogen-bond acceptors (Lipinski definition) is 18. The monoisotopic (exact) mass is 1450 g/mol. The Hall–Kier alpha value is -3.03. The van der Waals surface area contributed by atoms with Gasteiger partial charge in [0.25, 0.3) is 0 Å². The highest BCUT2D eigenvalue weighted by molar-refractivity contribution is 5.76. The van der Waals surface area contributed by atoms with E-state index in [1.165, 1.54) is 199 Å².